The van der Waals surface area contributed by atoms with Gasteiger partial charge in [0.25, 0.3) is 0 Å². The van der Waals surface area contributed by atoms with Crippen LogP contribution in [0.5, 0.6) is 0 Å². The van der Waals surface area contributed by atoms with Gasteiger partial charge in [0.15, 0.2) is 0 Å². The summed E-state index contributed by atoms with van der Waals surface area (Å²) in [6, 6.07) is 0. The molecule has 0 aromatic heterocycles. The van der Waals surface area contributed by atoms with Crippen LogP contribution < -0.4 is 5.06 Å². The van der Waals surface area contributed by atoms with Crippen LogP contribution >= 0.6 is 0 Å². The molecule has 2 heteroatoms. The molecule has 2 unspecified atom stereocenters. The van der Waals surface area contributed by atoms with Crippen LogP contribution in [0.2, 0.25) is 0 Å². The summed E-state index contributed by atoms with van der Waals surface area (Å²) >= 11 is 0. The second-order valence-corrected chi connectivity index (χ2v) is 2.74. The van der Waals surface area contributed by atoms with Crippen molar-refractivity contribution >= 4 is 0 Å². The highest BCUT2D eigenvalue weighted by molar-refractivity contribution is 4.54. The van der Waals surface area contributed by atoms with E-state index in [4.69, 9.17) is 0 Å². The number of hydrogen-bond donors (Lipinski definition) is 1. The summed E-state index contributed by atoms with van der Waals surface area (Å²) in [6.45, 7) is 3.82. The largest absolute Gasteiger partial charge is 0.634 e. The predicted octanol–water partition coefficient (Wildman–Crippen LogP) is -0.201. The molecule has 0 radical (unpaired) electrons. The van der Waals surface area contributed by atoms with Crippen LogP contribution in [0.3, 0.4) is 0 Å². The fraction of sp³-hybridized carbons (Fsp3) is 1.00. The summed E-state index contributed by atoms with van der Waals surface area (Å²) < 4.78 is 0. The monoisotopic (exact) mass is 115 g/mol. The summed E-state index contributed by atoms with van der Waals surface area (Å²) in [5.41, 5.74) is 0. The Morgan fingerprint density at radius 3 is 2.75 bits per heavy atom. The third kappa shape index (κ3) is 1.46. The summed E-state index contributed by atoms with van der Waals surface area (Å²) in [7, 11) is 0. The molecule has 2 atom stereocenters. The first-order valence-corrected chi connectivity index (χ1v) is 3.31. The molecule has 1 aliphatic rings. The lowest BCUT2D eigenvalue weighted by atomic mass is 10.0. The highest BCUT2D eigenvalue weighted by atomic mass is 16.5. The maximum Gasteiger partial charge on any atom is 0.0794 e. The Kier molecular flexibility index (Phi) is 1.86. The normalized spacial score (nSPS) is 39.8. The SMILES string of the molecule is CC1CCC[NH+]([O-])C1. The van der Waals surface area contributed by atoms with E-state index in [0.717, 1.165) is 19.5 Å². The molecule has 8 heavy (non-hydrogen) atoms. The van der Waals surface area contributed by atoms with E-state index in [0.29, 0.717) is 11.0 Å². The average Bonchev–Trinajstić information content (AvgIpc) is 1.64. The molecule has 1 aliphatic heterocycles. The summed E-state index contributed by atoms with van der Waals surface area (Å²) in [6.07, 6.45) is 2.38. The van der Waals surface area contributed by atoms with E-state index in [9.17, 15) is 5.21 Å². The Hall–Kier alpha value is -0.0800. The molecule has 2 nitrogen and oxygen atoms in total. The summed E-state index contributed by atoms with van der Waals surface area (Å²) in [4.78, 5) is 0. The Balaban J connectivity index is 2.23. The van der Waals surface area contributed by atoms with Gasteiger partial charge < -0.3 is 10.3 Å². The van der Waals surface area contributed by atoms with Crippen molar-refractivity contribution in [2.45, 2.75) is 19.8 Å². The minimum Gasteiger partial charge on any atom is -0.634 e. The fourth-order valence-corrected chi connectivity index (χ4v) is 1.24. The molecule has 1 fully saturated rings. The van der Waals surface area contributed by atoms with Gasteiger partial charge in [-0.15, -0.1) is 0 Å². The van der Waals surface area contributed by atoms with Crippen molar-refractivity contribution in [2.24, 2.45) is 5.92 Å². The van der Waals surface area contributed by atoms with Crippen LogP contribution in [0.15, 0.2) is 0 Å². The van der Waals surface area contributed by atoms with Crippen LogP contribution in [0.25, 0.3) is 0 Å². The van der Waals surface area contributed by atoms with Crippen molar-refractivity contribution in [2.75, 3.05) is 13.1 Å². The molecule has 48 valence electrons. The van der Waals surface area contributed by atoms with E-state index in [1.165, 1.54) is 6.42 Å². The Bertz CT molecular complexity index is 66.9. The molecule has 1 rings (SSSR count). The van der Waals surface area contributed by atoms with Gasteiger partial charge in [-0.2, -0.15) is 0 Å². The predicted molar refractivity (Wildman–Crippen MR) is 32.5 cm³/mol. The van der Waals surface area contributed by atoms with Crippen LogP contribution in [0.1, 0.15) is 19.8 Å². The number of hydrogen-bond acceptors (Lipinski definition) is 1. The maximum absolute atomic E-state index is 10.7. The van der Waals surface area contributed by atoms with Crippen molar-refractivity contribution in [3.05, 3.63) is 5.21 Å². The quantitative estimate of drug-likeness (QED) is 0.435. The molecule has 1 saturated heterocycles. The van der Waals surface area contributed by atoms with E-state index in [2.05, 4.69) is 6.92 Å². The number of quaternary nitrogens is 1. The zero-order valence-corrected chi connectivity index (χ0v) is 5.31. The zero-order valence-electron chi connectivity index (χ0n) is 5.31. The van der Waals surface area contributed by atoms with Crippen molar-refractivity contribution in [1.29, 1.82) is 0 Å². The third-order valence-corrected chi connectivity index (χ3v) is 1.73. The molecular formula is C6H13NO. The van der Waals surface area contributed by atoms with Crippen molar-refractivity contribution in [3.8, 4) is 0 Å². The van der Waals surface area contributed by atoms with Gasteiger partial charge in [0.05, 0.1) is 13.1 Å². The third-order valence-electron chi connectivity index (χ3n) is 1.73. The second kappa shape index (κ2) is 2.46. The van der Waals surface area contributed by atoms with Crippen molar-refractivity contribution in [3.63, 3.8) is 0 Å². The summed E-state index contributed by atoms with van der Waals surface area (Å²) in [5, 5.41) is 11.1. The molecule has 0 aliphatic carbocycles. The Morgan fingerprint density at radius 2 is 2.38 bits per heavy atom. The topological polar surface area (TPSA) is 27.5 Å². The van der Waals surface area contributed by atoms with Crippen LogP contribution in [-0.4, -0.2) is 13.1 Å². The smallest absolute Gasteiger partial charge is 0.0794 e. The average molecular weight is 115 g/mol. The van der Waals surface area contributed by atoms with E-state index in [-0.39, 0.29) is 0 Å². The van der Waals surface area contributed by atoms with Crippen LogP contribution in [0, 0.1) is 11.1 Å². The van der Waals surface area contributed by atoms with Crippen molar-refractivity contribution in [1.82, 2.24) is 0 Å². The van der Waals surface area contributed by atoms with Gasteiger partial charge in [-0.1, -0.05) is 6.92 Å². The lowest BCUT2D eigenvalue weighted by molar-refractivity contribution is -0.857. The number of hydroxylamine groups is 2. The van der Waals surface area contributed by atoms with E-state index in [1.807, 2.05) is 0 Å². The highest BCUT2D eigenvalue weighted by Gasteiger charge is 2.12. The van der Waals surface area contributed by atoms with Crippen molar-refractivity contribution < 1.29 is 5.06 Å². The zero-order chi connectivity index (χ0) is 5.98. The molecule has 0 aromatic rings. The Labute approximate surface area is 50.1 Å². The Morgan fingerprint density at radius 1 is 1.62 bits per heavy atom. The van der Waals surface area contributed by atoms with Gasteiger partial charge in [-0.05, 0) is 12.8 Å². The van der Waals surface area contributed by atoms with E-state index >= 15 is 0 Å². The first kappa shape index (κ1) is 6.05. The van der Waals surface area contributed by atoms with Gasteiger partial charge in [0, 0.05) is 5.92 Å². The lowest BCUT2D eigenvalue weighted by Gasteiger charge is -2.30. The second-order valence-electron chi connectivity index (χ2n) is 2.74. The minimum absolute atomic E-state index is 0.462. The molecule has 0 saturated carbocycles. The van der Waals surface area contributed by atoms with Gasteiger partial charge in [0.1, 0.15) is 0 Å². The van der Waals surface area contributed by atoms with E-state index in [1.54, 1.807) is 0 Å². The number of nitrogens with one attached hydrogen (secondary N) is 1. The van der Waals surface area contributed by atoms with E-state index < -0.39 is 0 Å². The molecular weight excluding hydrogens is 102 g/mol. The van der Waals surface area contributed by atoms with Crippen LogP contribution in [0.4, 0.5) is 0 Å². The molecule has 1 N–H and O–H groups in total. The standard InChI is InChI=1S/C6H13NO/c1-6-3-2-4-7(8)5-6/h6-7H,2-5H2,1H3. The van der Waals surface area contributed by atoms with Crippen LogP contribution in [-0.2, 0) is 0 Å². The van der Waals surface area contributed by atoms with Gasteiger partial charge in [-0.25, -0.2) is 0 Å². The minimum atomic E-state index is 0.462. The highest BCUT2D eigenvalue weighted by Crippen LogP contribution is 2.03. The van der Waals surface area contributed by atoms with Gasteiger partial charge in [-0.3, -0.25) is 0 Å². The molecule has 0 aromatic carbocycles. The maximum atomic E-state index is 10.7. The molecule has 0 spiro atoms. The van der Waals surface area contributed by atoms with Gasteiger partial charge >= 0.3 is 0 Å². The lowest BCUT2D eigenvalue weighted by Crippen LogP contribution is -3.08. The van der Waals surface area contributed by atoms with Gasteiger partial charge in [0.2, 0.25) is 0 Å². The molecule has 0 bridgehead atoms. The molecule has 0 amide bonds. The first-order chi connectivity index (χ1) is 3.79. The number of rotatable bonds is 0. The fourth-order valence-electron chi connectivity index (χ4n) is 1.24. The first-order valence-electron chi connectivity index (χ1n) is 3.31. The summed E-state index contributed by atoms with van der Waals surface area (Å²) in [5.74, 6) is 0.663. The molecule has 1 heterocycles. The number of piperidine rings is 1.